The van der Waals surface area contributed by atoms with Crippen LogP contribution in [-0.2, 0) is 0 Å². The van der Waals surface area contributed by atoms with Crippen molar-refractivity contribution in [3.8, 4) is 5.75 Å². The fraction of sp³-hybridized carbons (Fsp3) is 0.500. The van der Waals surface area contributed by atoms with E-state index in [0.29, 0.717) is 22.4 Å². The number of hydrogen-bond acceptors (Lipinski definition) is 3. The average molecular weight is 292 g/mol. The highest BCUT2D eigenvalue weighted by Crippen LogP contribution is 2.27. The van der Waals surface area contributed by atoms with E-state index < -0.39 is 0 Å². The molecule has 1 aliphatic rings. The molecule has 2 nitrogen and oxygen atoms in total. The van der Waals surface area contributed by atoms with Crippen LogP contribution in [0.3, 0.4) is 0 Å². The first-order valence-electron chi connectivity index (χ1n) is 5.63. The molecule has 0 radical (unpaired) electrons. The molecule has 1 heterocycles. The monoisotopic (exact) mass is 291 g/mol. The Morgan fingerprint density at radius 3 is 2.76 bits per heavy atom. The number of hydrogen-bond donors (Lipinski definition) is 0. The van der Waals surface area contributed by atoms with Crippen molar-refractivity contribution in [2.45, 2.75) is 0 Å². The molecule has 5 heteroatoms. The third kappa shape index (κ3) is 4.25. The van der Waals surface area contributed by atoms with E-state index in [9.17, 15) is 0 Å². The standard InChI is InChI=1S/C12H15Cl2NOS/c13-10-1-2-11(14)12(9-10)16-6-3-15-4-7-17-8-5-15/h1-2,9H,3-8H2. The van der Waals surface area contributed by atoms with Gasteiger partial charge in [-0.1, -0.05) is 23.2 Å². The van der Waals surface area contributed by atoms with E-state index in [1.54, 1.807) is 18.2 Å². The number of halogens is 2. The van der Waals surface area contributed by atoms with E-state index in [4.69, 9.17) is 27.9 Å². The molecule has 0 spiro atoms. The second kappa shape index (κ2) is 6.74. The van der Waals surface area contributed by atoms with Gasteiger partial charge in [0.2, 0.25) is 0 Å². The quantitative estimate of drug-likeness (QED) is 0.843. The highest BCUT2D eigenvalue weighted by atomic mass is 35.5. The molecule has 2 rings (SSSR count). The van der Waals surface area contributed by atoms with Crippen molar-refractivity contribution in [3.63, 3.8) is 0 Å². The molecule has 0 amide bonds. The predicted octanol–water partition coefficient (Wildman–Crippen LogP) is 3.42. The molecule has 1 fully saturated rings. The lowest BCUT2D eigenvalue weighted by Gasteiger charge is -2.25. The fourth-order valence-electron chi connectivity index (χ4n) is 1.70. The Morgan fingerprint density at radius 1 is 1.24 bits per heavy atom. The normalized spacial score (nSPS) is 17.1. The fourth-order valence-corrected chi connectivity index (χ4v) is 3.01. The number of rotatable bonds is 4. The summed E-state index contributed by atoms with van der Waals surface area (Å²) >= 11 is 13.9. The smallest absolute Gasteiger partial charge is 0.139 e. The van der Waals surface area contributed by atoms with Crippen LogP contribution in [0.15, 0.2) is 18.2 Å². The predicted molar refractivity (Wildman–Crippen MR) is 75.7 cm³/mol. The van der Waals surface area contributed by atoms with E-state index in [-0.39, 0.29) is 0 Å². The lowest BCUT2D eigenvalue weighted by Crippen LogP contribution is -2.35. The lowest BCUT2D eigenvalue weighted by molar-refractivity contribution is 0.222. The summed E-state index contributed by atoms with van der Waals surface area (Å²) in [5.74, 6) is 3.11. The van der Waals surface area contributed by atoms with Gasteiger partial charge in [0.15, 0.2) is 0 Å². The Hall–Kier alpha value is -0.0900. The number of thioether (sulfide) groups is 1. The third-order valence-corrected chi connectivity index (χ3v) is 4.15. The maximum absolute atomic E-state index is 6.02. The van der Waals surface area contributed by atoms with E-state index in [0.717, 1.165) is 19.6 Å². The van der Waals surface area contributed by atoms with Gasteiger partial charge >= 0.3 is 0 Å². The highest BCUT2D eigenvalue weighted by Gasteiger charge is 2.10. The van der Waals surface area contributed by atoms with Gasteiger partial charge in [-0.2, -0.15) is 11.8 Å². The molecule has 0 saturated carbocycles. The highest BCUT2D eigenvalue weighted by molar-refractivity contribution is 7.99. The molecule has 1 aliphatic heterocycles. The first-order valence-corrected chi connectivity index (χ1v) is 7.55. The number of benzene rings is 1. The van der Waals surface area contributed by atoms with Crippen LogP contribution >= 0.6 is 35.0 Å². The minimum Gasteiger partial charge on any atom is -0.491 e. The SMILES string of the molecule is Clc1ccc(Cl)c(OCCN2CCSCC2)c1. The summed E-state index contributed by atoms with van der Waals surface area (Å²) in [6.07, 6.45) is 0. The Bertz CT molecular complexity index is 370. The molecule has 0 aromatic heterocycles. The van der Waals surface area contributed by atoms with Crippen LogP contribution in [0.4, 0.5) is 0 Å². The molecular weight excluding hydrogens is 277 g/mol. The molecule has 94 valence electrons. The van der Waals surface area contributed by atoms with Crippen LogP contribution in [0.25, 0.3) is 0 Å². The molecule has 0 aliphatic carbocycles. The lowest BCUT2D eigenvalue weighted by atomic mass is 10.3. The summed E-state index contributed by atoms with van der Waals surface area (Å²) in [4.78, 5) is 2.41. The Kier molecular flexibility index (Phi) is 5.29. The van der Waals surface area contributed by atoms with Crippen molar-refractivity contribution in [1.29, 1.82) is 0 Å². The van der Waals surface area contributed by atoms with Crippen molar-refractivity contribution >= 4 is 35.0 Å². The van der Waals surface area contributed by atoms with Gasteiger partial charge < -0.3 is 4.74 Å². The van der Waals surface area contributed by atoms with Gasteiger partial charge in [0.25, 0.3) is 0 Å². The third-order valence-electron chi connectivity index (χ3n) is 2.66. The van der Waals surface area contributed by atoms with Crippen molar-refractivity contribution in [1.82, 2.24) is 4.90 Å². The molecule has 0 bridgehead atoms. The van der Waals surface area contributed by atoms with E-state index in [1.165, 1.54) is 11.5 Å². The topological polar surface area (TPSA) is 12.5 Å². The second-order valence-electron chi connectivity index (χ2n) is 3.88. The number of ether oxygens (including phenoxy) is 1. The van der Waals surface area contributed by atoms with Crippen LogP contribution in [0.5, 0.6) is 5.75 Å². The van der Waals surface area contributed by atoms with Crippen LogP contribution in [0, 0.1) is 0 Å². The first kappa shape index (κ1) is 13.3. The summed E-state index contributed by atoms with van der Waals surface area (Å²) in [5.41, 5.74) is 0. The largest absolute Gasteiger partial charge is 0.491 e. The van der Waals surface area contributed by atoms with Gasteiger partial charge in [-0.3, -0.25) is 4.90 Å². The molecule has 1 aromatic rings. The Balaban J connectivity index is 1.79. The minimum absolute atomic E-state index is 0.614. The molecule has 1 aromatic carbocycles. The van der Waals surface area contributed by atoms with Crippen LogP contribution in [0.1, 0.15) is 0 Å². The van der Waals surface area contributed by atoms with Gasteiger partial charge in [-0.25, -0.2) is 0 Å². The van der Waals surface area contributed by atoms with Gasteiger partial charge in [0.05, 0.1) is 5.02 Å². The van der Waals surface area contributed by atoms with Crippen LogP contribution < -0.4 is 4.74 Å². The van der Waals surface area contributed by atoms with E-state index in [2.05, 4.69) is 4.90 Å². The minimum atomic E-state index is 0.614. The van der Waals surface area contributed by atoms with Crippen LogP contribution in [-0.4, -0.2) is 42.6 Å². The van der Waals surface area contributed by atoms with Crippen molar-refractivity contribution < 1.29 is 4.74 Å². The molecule has 0 unspecified atom stereocenters. The van der Waals surface area contributed by atoms with Gasteiger partial charge in [0.1, 0.15) is 12.4 Å². The summed E-state index contributed by atoms with van der Waals surface area (Å²) in [6, 6.07) is 5.28. The maximum Gasteiger partial charge on any atom is 0.139 e. The van der Waals surface area contributed by atoms with Gasteiger partial charge in [-0.05, 0) is 12.1 Å². The Morgan fingerprint density at radius 2 is 2.00 bits per heavy atom. The summed E-state index contributed by atoms with van der Waals surface area (Å²) < 4.78 is 5.66. The van der Waals surface area contributed by atoms with Gasteiger partial charge in [-0.15, -0.1) is 0 Å². The van der Waals surface area contributed by atoms with E-state index in [1.807, 2.05) is 11.8 Å². The summed E-state index contributed by atoms with van der Waals surface area (Å²) in [7, 11) is 0. The van der Waals surface area contributed by atoms with Crippen molar-refractivity contribution in [2.75, 3.05) is 37.7 Å². The summed E-state index contributed by atoms with van der Waals surface area (Å²) in [6.45, 7) is 3.91. The summed E-state index contributed by atoms with van der Waals surface area (Å²) in [5, 5.41) is 1.27. The van der Waals surface area contributed by atoms with E-state index >= 15 is 0 Å². The average Bonchev–Trinajstić information content (AvgIpc) is 2.35. The molecule has 0 N–H and O–H groups in total. The maximum atomic E-state index is 6.02. The second-order valence-corrected chi connectivity index (χ2v) is 5.95. The first-order chi connectivity index (χ1) is 8.25. The zero-order valence-electron chi connectivity index (χ0n) is 9.49. The van der Waals surface area contributed by atoms with Gasteiger partial charge in [0, 0.05) is 42.2 Å². The van der Waals surface area contributed by atoms with Crippen molar-refractivity contribution in [2.24, 2.45) is 0 Å². The van der Waals surface area contributed by atoms with Crippen LogP contribution in [0.2, 0.25) is 10.0 Å². The zero-order chi connectivity index (χ0) is 12.1. The molecular formula is C12H15Cl2NOS. The molecule has 17 heavy (non-hydrogen) atoms. The Labute approximate surface area is 116 Å². The van der Waals surface area contributed by atoms with Crippen molar-refractivity contribution in [3.05, 3.63) is 28.2 Å². The molecule has 0 atom stereocenters. The zero-order valence-corrected chi connectivity index (χ0v) is 11.8. The number of nitrogens with zero attached hydrogens (tertiary/aromatic N) is 1. The molecule has 1 saturated heterocycles.